The molecule has 84 valence electrons. The van der Waals surface area contributed by atoms with Gasteiger partial charge in [0.05, 0.1) is 0 Å². The SMILES string of the molecule is C#CC1=C(C=C2Cc3ccccc3C2)CCC1. The molecule has 2 aliphatic carbocycles. The molecule has 0 saturated heterocycles. The predicted octanol–water partition coefficient (Wildman–Crippen LogP) is 3.83. The molecule has 0 N–H and O–H groups in total. The van der Waals surface area contributed by atoms with E-state index < -0.39 is 0 Å². The summed E-state index contributed by atoms with van der Waals surface area (Å²) in [6, 6.07) is 8.73. The van der Waals surface area contributed by atoms with Gasteiger partial charge in [0.15, 0.2) is 0 Å². The van der Waals surface area contributed by atoms with Crippen LogP contribution in [0.4, 0.5) is 0 Å². The molecule has 0 aromatic heterocycles. The molecular weight excluding hydrogens is 204 g/mol. The van der Waals surface area contributed by atoms with Gasteiger partial charge in [0.2, 0.25) is 0 Å². The van der Waals surface area contributed by atoms with Gasteiger partial charge >= 0.3 is 0 Å². The lowest BCUT2D eigenvalue weighted by molar-refractivity contribution is 0.907. The highest BCUT2D eigenvalue weighted by Crippen LogP contribution is 2.31. The maximum Gasteiger partial charge on any atom is 0.00497 e. The summed E-state index contributed by atoms with van der Waals surface area (Å²) in [7, 11) is 0. The van der Waals surface area contributed by atoms with Crippen molar-refractivity contribution in [3.63, 3.8) is 0 Å². The van der Waals surface area contributed by atoms with Crippen molar-refractivity contribution >= 4 is 0 Å². The van der Waals surface area contributed by atoms with E-state index in [0.717, 1.165) is 19.3 Å². The van der Waals surface area contributed by atoms with E-state index in [-0.39, 0.29) is 0 Å². The monoisotopic (exact) mass is 220 g/mol. The van der Waals surface area contributed by atoms with Gasteiger partial charge in [-0.05, 0) is 48.8 Å². The lowest BCUT2D eigenvalue weighted by Crippen LogP contribution is -1.84. The number of rotatable bonds is 1. The van der Waals surface area contributed by atoms with Crippen LogP contribution in [0.5, 0.6) is 0 Å². The van der Waals surface area contributed by atoms with Crippen LogP contribution < -0.4 is 0 Å². The van der Waals surface area contributed by atoms with Gasteiger partial charge in [0.1, 0.15) is 0 Å². The summed E-state index contributed by atoms with van der Waals surface area (Å²) in [5.74, 6) is 2.84. The molecule has 0 amide bonds. The number of benzene rings is 1. The molecule has 0 bridgehead atoms. The third-order valence-electron chi connectivity index (χ3n) is 3.77. The Labute approximate surface area is 103 Å². The van der Waals surface area contributed by atoms with Gasteiger partial charge in [-0.15, -0.1) is 6.42 Å². The zero-order valence-electron chi connectivity index (χ0n) is 10.00. The Morgan fingerprint density at radius 3 is 2.41 bits per heavy atom. The molecule has 0 unspecified atom stereocenters. The number of fused-ring (bicyclic) bond motifs is 1. The third kappa shape index (κ3) is 1.94. The van der Waals surface area contributed by atoms with Gasteiger partial charge in [0.25, 0.3) is 0 Å². The quantitative estimate of drug-likeness (QED) is 0.631. The predicted molar refractivity (Wildman–Crippen MR) is 71.6 cm³/mol. The molecule has 0 heteroatoms. The Balaban J connectivity index is 1.88. The van der Waals surface area contributed by atoms with Crippen molar-refractivity contribution in [1.29, 1.82) is 0 Å². The van der Waals surface area contributed by atoms with Crippen molar-refractivity contribution < 1.29 is 0 Å². The highest BCUT2D eigenvalue weighted by molar-refractivity contribution is 5.47. The topological polar surface area (TPSA) is 0 Å². The van der Waals surface area contributed by atoms with Gasteiger partial charge < -0.3 is 0 Å². The Kier molecular flexibility index (Phi) is 2.61. The number of hydrogen-bond donors (Lipinski definition) is 0. The summed E-state index contributed by atoms with van der Waals surface area (Å²) in [5.41, 5.74) is 7.14. The van der Waals surface area contributed by atoms with Gasteiger partial charge in [-0.3, -0.25) is 0 Å². The van der Waals surface area contributed by atoms with Crippen LogP contribution in [-0.2, 0) is 12.8 Å². The lowest BCUT2D eigenvalue weighted by atomic mass is 10.1. The van der Waals surface area contributed by atoms with E-state index in [2.05, 4.69) is 36.3 Å². The zero-order chi connectivity index (χ0) is 11.7. The molecule has 0 radical (unpaired) electrons. The third-order valence-corrected chi connectivity index (χ3v) is 3.77. The summed E-state index contributed by atoms with van der Waals surface area (Å²) in [4.78, 5) is 0. The molecule has 3 rings (SSSR count). The summed E-state index contributed by atoms with van der Waals surface area (Å²) in [6.45, 7) is 0. The van der Waals surface area contributed by atoms with Crippen LogP contribution in [0.2, 0.25) is 0 Å². The van der Waals surface area contributed by atoms with Crippen molar-refractivity contribution in [2.24, 2.45) is 0 Å². The van der Waals surface area contributed by atoms with Crippen molar-refractivity contribution in [2.45, 2.75) is 32.1 Å². The smallest absolute Gasteiger partial charge is 0.00497 e. The minimum atomic E-state index is 1.10. The zero-order valence-corrected chi connectivity index (χ0v) is 10.00. The summed E-state index contributed by atoms with van der Waals surface area (Å²) in [6.07, 6.45) is 13.6. The lowest BCUT2D eigenvalue weighted by Gasteiger charge is -1.99. The molecule has 0 atom stereocenters. The van der Waals surface area contributed by atoms with E-state index in [9.17, 15) is 0 Å². The van der Waals surface area contributed by atoms with E-state index >= 15 is 0 Å². The largest absolute Gasteiger partial charge is 0.115 e. The average Bonchev–Trinajstić information content (AvgIpc) is 2.94. The van der Waals surface area contributed by atoms with Crippen molar-refractivity contribution in [3.05, 3.63) is 58.2 Å². The summed E-state index contributed by atoms with van der Waals surface area (Å²) < 4.78 is 0. The number of hydrogen-bond acceptors (Lipinski definition) is 0. The Bertz CT molecular complexity index is 523. The van der Waals surface area contributed by atoms with Crippen LogP contribution >= 0.6 is 0 Å². The standard InChI is InChI=1S/C17H16/c1-2-14-8-5-9-15(14)10-13-11-16-6-3-4-7-17(16)12-13/h1,3-4,6-7,10H,5,8-9,11-12H2. The fourth-order valence-corrected chi connectivity index (χ4v) is 2.89. The maximum atomic E-state index is 5.55. The fourth-order valence-electron chi connectivity index (χ4n) is 2.89. The van der Waals surface area contributed by atoms with E-state index in [1.165, 1.54) is 40.7 Å². The average molecular weight is 220 g/mol. The first kappa shape index (κ1) is 10.4. The Morgan fingerprint density at radius 2 is 1.76 bits per heavy atom. The molecule has 0 heterocycles. The molecule has 17 heavy (non-hydrogen) atoms. The highest BCUT2D eigenvalue weighted by atomic mass is 14.2. The van der Waals surface area contributed by atoms with Gasteiger partial charge in [-0.25, -0.2) is 0 Å². The number of allylic oxidation sites excluding steroid dienone is 4. The summed E-state index contributed by atoms with van der Waals surface area (Å²) in [5, 5.41) is 0. The van der Waals surface area contributed by atoms with Gasteiger partial charge in [-0.1, -0.05) is 41.8 Å². The summed E-state index contributed by atoms with van der Waals surface area (Å²) >= 11 is 0. The van der Waals surface area contributed by atoms with Crippen molar-refractivity contribution in [3.8, 4) is 12.3 Å². The first-order valence-corrected chi connectivity index (χ1v) is 6.31. The van der Waals surface area contributed by atoms with Gasteiger partial charge in [-0.2, -0.15) is 0 Å². The fraction of sp³-hybridized carbons (Fsp3) is 0.294. The Morgan fingerprint density at radius 1 is 1.06 bits per heavy atom. The normalized spacial score (nSPS) is 18.2. The van der Waals surface area contributed by atoms with E-state index in [4.69, 9.17) is 6.42 Å². The maximum absolute atomic E-state index is 5.55. The number of terminal acetylenes is 1. The minimum absolute atomic E-state index is 1.10. The van der Waals surface area contributed by atoms with Crippen LogP contribution in [0.15, 0.2) is 47.1 Å². The molecule has 0 nitrogen and oxygen atoms in total. The second-order valence-electron chi connectivity index (χ2n) is 4.93. The highest BCUT2D eigenvalue weighted by Gasteiger charge is 2.17. The van der Waals surface area contributed by atoms with Crippen molar-refractivity contribution in [2.75, 3.05) is 0 Å². The van der Waals surface area contributed by atoms with E-state index in [0.29, 0.717) is 0 Å². The first-order valence-electron chi connectivity index (χ1n) is 6.31. The molecule has 1 aromatic carbocycles. The van der Waals surface area contributed by atoms with Crippen LogP contribution in [0, 0.1) is 12.3 Å². The molecule has 1 aromatic rings. The van der Waals surface area contributed by atoms with Crippen LogP contribution in [0.1, 0.15) is 30.4 Å². The van der Waals surface area contributed by atoms with Crippen LogP contribution in [0.3, 0.4) is 0 Å². The molecule has 0 fully saturated rings. The molecule has 0 aliphatic heterocycles. The molecule has 0 saturated carbocycles. The van der Waals surface area contributed by atoms with Gasteiger partial charge in [0, 0.05) is 5.57 Å². The van der Waals surface area contributed by atoms with Crippen LogP contribution in [-0.4, -0.2) is 0 Å². The second kappa shape index (κ2) is 4.26. The Hall–Kier alpha value is -1.74. The van der Waals surface area contributed by atoms with E-state index in [1.807, 2.05) is 0 Å². The van der Waals surface area contributed by atoms with Crippen molar-refractivity contribution in [1.82, 2.24) is 0 Å². The first-order chi connectivity index (χ1) is 8.36. The molecule has 2 aliphatic rings. The second-order valence-corrected chi connectivity index (χ2v) is 4.93. The molecular formula is C17H16. The van der Waals surface area contributed by atoms with E-state index in [1.54, 1.807) is 0 Å². The minimum Gasteiger partial charge on any atom is -0.115 e. The van der Waals surface area contributed by atoms with Crippen LogP contribution in [0.25, 0.3) is 0 Å². The molecule has 0 spiro atoms.